The van der Waals surface area contributed by atoms with Gasteiger partial charge in [-0.25, -0.2) is 4.79 Å². The number of aliphatic hydroxyl groups excluding tert-OH is 1. The first-order valence-electron chi connectivity index (χ1n) is 3.50. The second kappa shape index (κ2) is 5.61. The first-order valence-corrected chi connectivity index (χ1v) is 5.13. The first kappa shape index (κ1) is 12.0. The number of carboxylic acid groups (broad SMARTS) is 1. The van der Waals surface area contributed by atoms with Gasteiger partial charge in [0.05, 0.1) is 0 Å². The molecule has 13 heavy (non-hydrogen) atoms. The molecule has 3 N–H and O–H groups in total. The molecule has 0 radical (unpaired) electrons. The number of aliphatic hydroxyl groups is 1. The Morgan fingerprint density at radius 2 is 2.08 bits per heavy atom. The molecular weight excluding hydrogens is 197 g/mol. The van der Waals surface area contributed by atoms with E-state index in [2.05, 4.69) is 5.32 Å². The maximum atomic E-state index is 10.8. The van der Waals surface area contributed by atoms with E-state index in [1.165, 1.54) is 6.92 Å². The minimum Gasteiger partial charge on any atom is -0.480 e. The number of carboxylic acids is 1. The van der Waals surface area contributed by atoms with Crippen LogP contribution in [0.15, 0.2) is 0 Å². The monoisotopic (exact) mass is 208 g/mol. The van der Waals surface area contributed by atoms with E-state index in [0.717, 1.165) is 0 Å². The van der Waals surface area contributed by atoms with E-state index in [0.29, 0.717) is 0 Å². The highest BCUT2D eigenvalue weighted by molar-refractivity contribution is 7.44. The Kier molecular flexibility index (Phi) is 5.18. The number of hydrogen-bond acceptors (Lipinski definition) is 4. The van der Waals surface area contributed by atoms with Crippen LogP contribution in [0, 0.1) is 0 Å². The van der Waals surface area contributed by atoms with Crippen molar-refractivity contribution in [3.63, 3.8) is 0 Å². The van der Waals surface area contributed by atoms with Crippen molar-refractivity contribution in [2.24, 2.45) is 0 Å². The second-order valence-corrected chi connectivity index (χ2v) is 4.01. The largest absolute Gasteiger partial charge is 0.480 e. The number of hydrogen-bond donors (Lipinski definition) is 3. The molecule has 0 spiro atoms. The predicted molar refractivity (Wildman–Crippen MR) is 44.8 cm³/mol. The van der Waals surface area contributed by atoms with Crippen molar-refractivity contribution in [1.29, 1.82) is 0 Å². The van der Waals surface area contributed by atoms with Gasteiger partial charge in [0.25, 0.3) is 0 Å². The van der Waals surface area contributed by atoms with E-state index in [1.807, 2.05) is 0 Å². The molecule has 0 fully saturated rings. The van der Waals surface area contributed by atoms with Gasteiger partial charge in [0, 0.05) is 6.92 Å². The molecule has 74 valence electrons. The number of nitrogens with one attached hydrogen (secondary N) is 1. The SMILES string of the molecule is CC(=O)N[C@@H](C[P+](=O)CO)C(=O)O. The molecule has 0 bridgehead atoms. The molecule has 0 aliphatic carbocycles. The van der Waals surface area contributed by atoms with Crippen molar-refractivity contribution in [3.05, 3.63) is 0 Å². The van der Waals surface area contributed by atoms with Crippen LogP contribution in [0.5, 0.6) is 0 Å². The Labute approximate surface area is 75.7 Å². The van der Waals surface area contributed by atoms with Crippen molar-refractivity contribution in [3.8, 4) is 0 Å². The Hall–Kier alpha value is -1.00. The Morgan fingerprint density at radius 1 is 1.54 bits per heavy atom. The molecule has 0 heterocycles. The highest BCUT2D eigenvalue weighted by Gasteiger charge is 2.28. The molecule has 6 nitrogen and oxygen atoms in total. The van der Waals surface area contributed by atoms with Crippen molar-refractivity contribution in [2.45, 2.75) is 13.0 Å². The smallest absolute Gasteiger partial charge is 0.369 e. The number of amides is 1. The molecule has 0 aromatic rings. The number of carbonyl (C=O) groups is 2. The van der Waals surface area contributed by atoms with Gasteiger partial charge >= 0.3 is 13.8 Å². The van der Waals surface area contributed by atoms with E-state index in [-0.39, 0.29) is 6.16 Å². The first-order chi connectivity index (χ1) is 5.97. The summed E-state index contributed by atoms with van der Waals surface area (Å²) in [5, 5.41) is 19.1. The van der Waals surface area contributed by atoms with E-state index in [9.17, 15) is 14.2 Å². The fourth-order valence-corrected chi connectivity index (χ4v) is 1.46. The van der Waals surface area contributed by atoms with Gasteiger partial charge in [-0.15, -0.1) is 0 Å². The zero-order chi connectivity index (χ0) is 10.4. The van der Waals surface area contributed by atoms with Gasteiger partial charge < -0.3 is 15.5 Å². The Balaban J connectivity index is 4.18. The summed E-state index contributed by atoms with van der Waals surface area (Å²) in [6.07, 6.45) is -0.820. The minimum absolute atomic E-state index is 0.249. The van der Waals surface area contributed by atoms with Crippen LogP contribution < -0.4 is 5.32 Å². The fraction of sp³-hybridized carbons (Fsp3) is 0.667. The standard InChI is InChI=1S/C6H10NO5P/c1-4(9)7-5(6(10)11)2-13(12)3-8/h5,8H,2-3H2,1H3,(H-,7,9,10,11)/p+1/t5-/m0/s1. The minimum atomic E-state index is -1.97. The number of rotatable bonds is 5. The van der Waals surface area contributed by atoms with E-state index in [1.54, 1.807) is 0 Å². The average Bonchev–Trinajstić information content (AvgIpc) is 2.02. The average molecular weight is 208 g/mol. The molecule has 0 aromatic carbocycles. The van der Waals surface area contributed by atoms with Crippen LogP contribution in [0.3, 0.4) is 0 Å². The van der Waals surface area contributed by atoms with Gasteiger partial charge in [0.15, 0.2) is 12.2 Å². The van der Waals surface area contributed by atoms with Gasteiger partial charge in [-0.2, -0.15) is 0 Å². The van der Waals surface area contributed by atoms with Crippen molar-refractivity contribution < 1.29 is 24.4 Å². The summed E-state index contributed by atoms with van der Waals surface area (Å²) < 4.78 is 10.8. The molecule has 0 aromatic heterocycles. The highest BCUT2D eigenvalue weighted by atomic mass is 31.1. The molecule has 0 saturated heterocycles. The lowest BCUT2D eigenvalue weighted by molar-refractivity contribution is -0.140. The summed E-state index contributed by atoms with van der Waals surface area (Å²) in [5.41, 5.74) is 0. The molecule has 7 heteroatoms. The maximum absolute atomic E-state index is 10.8. The van der Waals surface area contributed by atoms with Gasteiger partial charge in [-0.05, 0) is 0 Å². The van der Waals surface area contributed by atoms with Crippen LogP contribution in [0.1, 0.15) is 6.92 Å². The van der Waals surface area contributed by atoms with Crippen LogP contribution in [-0.2, 0) is 14.2 Å². The van der Waals surface area contributed by atoms with Crippen LogP contribution >= 0.6 is 7.80 Å². The molecule has 1 amide bonds. The molecular formula is C6H11NO5P+. The number of carbonyl (C=O) groups excluding carboxylic acids is 1. The normalized spacial score (nSPS) is 13.2. The quantitative estimate of drug-likeness (QED) is 0.521. The molecule has 2 atom stereocenters. The zero-order valence-corrected chi connectivity index (χ0v) is 7.95. The van der Waals surface area contributed by atoms with E-state index >= 15 is 0 Å². The predicted octanol–water partition coefficient (Wildman–Crippen LogP) is -0.647. The zero-order valence-electron chi connectivity index (χ0n) is 7.06. The maximum Gasteiger partial charge on any atom is 0.369 e. The van der Waals surface area contributed by atoms with Gasteiger partial charge in [0.1, 0.15) is 0 Å². The van der Waals surface area contributed by atoms with E-state index in [4.69, 9.17) is 10.2 Å². The van der Waals surface area contributed by atoms with Crippen LogP contribution in [0.2, 0.25) is 0 Å². The van der Waals surface area contributed by atoms with Crippen LogP contribution in [-0.4, -0.2) is 40.6 Å². The Morgan fingerprint density at radius 3 is 2.38 bits per heavy atom. The molecule has 1 unspecified atom stereocenters. The summed E-state index contributed by atoms with van der Waals surface area (Å²) in [6, 6.07) is -1.19. The molecule has 0 saturated carbocycles. The summed E-state index contributed by atoms with van der Waals surface area (Å²) in [6.45, 7) is 1.17. The summed E-state index contributed by atoms with van der Waals surface area (Å²) in [5.74, 6) is -1.76. The molecule has 0 aliphatic heterocycles. The summed E-state index contributed by atoms with van der Waals surface area (Å²) >= 11 is 0. The van der Waals surface area contributed by atoms with Crippen LogP contribution in [0.4, 0.5) is 0 Å². The third-order valence-corrected chi connectivity index (χ3v) is 2.31. The topological polar surface area (TPSA) is 104 Å². The number of aliphatic carboxylic acids is 1. The fourth-order valence-electron chi connectivity index (χ4n) is 0.692. The second-order valence-electron chi connectivity index (χ2n) is 2.40. The van der Waals surface area contributed by atoms with Crippen molar-refractivity contribution >= 4 is 19.7 Å². The third kappa shape index (κ3) is 5.27. The molecule has 0 rings (SSSR count). The van der Waals surface area contributed by atoms with Gasteiger partial charge in [0.2, 0.25) is 12.3 Å². The summed E-state index contributed by atoms with van der Waals surface area (Å²) in [4.78, 5) is 21.0. The van der Waals surface area contributed by atoms with Gasteiger partial charge in [-0.3, -0.25) is 4.79 Å². The van der Waals surface area contributed by atoms with Crippen molar-refractivity contribution in [1.82, 2.24) is 5.32 Å². The lowest BCUT2D eigenvalue weighted by Crippen LogP contribution is -2.41. The highest BCUT2D eigenvalue weighted by Crippen LogP contribution is 2.18. The lowest BCUT2D eigenvalue weighted by atomic mass is 10.3. The lowest BCUT2D eigenvalue weighted by Gasteiger charge is -2.06. The third-order valence-electron chi connectivity index (χ3n) is 1.22. The van der Waals surface area contributed by atoms with Crippen molar-refractivity contribution in [2.75, 3.05) is 12.5 Å². The summed E-state index contributed by atoms with van der Waals surface area (Å²) in [7, 11) is -1.97. The molecule has 0 aliphatic rings. The van der Waals surface area contributed by atoms with E-state index < -0.39 is 32.1 Å². The van der Waals surface area contributed by atoms with Gasteiger partial charge in [-0.1, -0.05) is 4.57 Å². The van der Waals surface area contributed by atoms with Crippen LogP contribution in [0.25, 0.3) is 0 Å². The Bertz CT molecular complexity index is 229.